The fourth-order valence-electron chi connectivity index (χ4n) is 2.01. The van der Waals surface area contributed by atoms with Crippen LogP contribution in [0, 0.1) is 24.5 Å². The van der Waals surface area contributed by atoms with Gasteiger partial charge in [-0.2, -0.15) is 5.26 Å². The summed E-state index contributed by atoms with van der Waals surface area (Å²) in [4.78, 5) is 24.9. The molecule has 1 amide bonds. The summed E-state index contributed by atoms with van der Waals surface area (Å²) < 4.78 is 4.97. The molecule has 1 aromatic carbocycles. The Kier molecular flexibility index (Phi) is 5.79. The molecule has 2 aromatic rings. The van der Waals surface area contributed by atoms with Crippen LogP contribution in [0.2, 0.25) is 0 Å². The van der Waals surface area contributed by atoms with Gasteiger partial charge in [0.05, 0.1) is 0 Å². The summed E-state index contributed by atoms with van der Waals surface area (Å²) in [6, 6.07) is 7.04. The molecule has 0 unspecified atom stereocenters. The molecular weight excluding hydrogens is 332 g/mol. The first-order valence-electron chi connectivity index (χ1n) is 6.69. The highest BCUT2D eigenvalue weighted by molar-refractivity contribution is 8.03. The Morgan fingerprint density at radius 3 is 2.61 bits per heavy atom. The first-order valence-corrected chi connectivity index (χ1v) is 8.38. The number of rotatable bonds is 5. The van der Waals surface area contributed by atoms with Crippen molar-refractivity contribution in [3.8, 4) is 5.40 Å². The lowest BCUT2D eigenvalue weighted by atomic mass is 10.1. The number of thiophene rings is 1. The Morgan fingerprint density at radius 2 is 2.04 bits per heavy atom. The van der Waals surface area contributed by atoms with Gasteiger partial charge < -0.3 is 10.1 Å². The van der Waals surface area contributed by atoms with E-state index in [1.165, 1.54) is 11.3 Å². The van der Waals surface area contributed by atoms with E-state index in [0.717, 1.165) is 27.8 Å². The number of benzene rings is 1. The molecule has 7 heteroatoms. The second-order valence-corrected chi connectivity index (χ2v) is 6.53. The van der Waals surface area contributed by atoms with Crippen molar-refractivity contribution in [3.05, 3.63) is 45.6 Å². The van der Waals surface area contributed by atoms with Crippen molar-refractivity contribution in [3.63, 3.8) is 0 Å². The van der Waals surface area contributed by atoms with E-state index < -0.39 is 11.9 Å². The number of esters is 1. The van der Waals surface area contributed by atoms with Crippen LogP contribution in [0.3, 0.4) is 0 Å². The Labute approximate surface area is 142 Å². The number of nitrogens with zero attached hydrogens (tertiary/aromatic N) is 1. The first-order chi connectivity index (χ1) is 11.0. The Balaban J connectivity index is 1.98. The smallest absolute Gasteiger partial charge is 0.348 e. The van der Waals surface area contributed by atoms with Crippen LogP contribution in [0.4, 0.5) is 5.69 Å². The molecule has 0 spiro atoms. The van der Waals surface area contributed by atoms with Crippen LogP contribution in [0.1, 0.15) is 20.8 Å². The van der Waals surface area contributed by atoms with Crippen LogP contribution in [0.25, 0.3) is 0 Å². The van der Waals surface area contributed by atoms with Gasteiger partial charge in [-0.15, -0.1) is 11.3 Å². The third-order valence-electron chi connectivity index (χ3n) is 2.99. The van der Waals surface area contributed by atoms with Crippen LogP contribution >= 0.6 is 23.1 Å². The van der Waals surface area contributed by atoms with Crippen LogP contribution in [0.5, 0.6) is 0 Å². The Hall–Kier alpha value is -2.30. The zero-order chi connectivity index (χ0) is 16.8. The highest BCUT2D eigenvalue weighted by Gasteiger charge is 2.13. The fourth-order valence-corrected chi connectivity index (χ4v) is 3.20. The van der Waals surface area contributed by atoms with Crippen molar-refractivity contribution in [1.82, 2.24) is 0 Å². The molecule has 0 aliphatic rings. The molecule has 23 heavy (non-hydrogen) atoms. The number of thioether (sulfide) groups is 1. The van der Waals surface area contributed by atoms with Crippen molar-refractivity contribution in [1.29, 1.82) is 5.26 Å². The Morgan fingerprint density at radius 1 is 1.35 bits per heavy atom. The van der Waals surface area contributed by atoms with E-state index in [0.29, 0.717) is 10.6 Å². The maximum absolute atomic E-state index is 12.0. The molecule has 0 atom stereocenters. The minimum Gasteiger partial charge on any atom is -0.451 e. The van der Waals surface area contributed by atoms with E-state index >= 15 is 0 Å². The monoisotopic (exact) mass is 346 g/mol. The number of nitriles is 1. The van der Waals surface area contributed by atoms with E-state index in [4.69, 9.17) is 10.00 Å². The van der Waals surface area contributed by atoms with E-state index in [1.54, 1.807) is 17.5 Å². The molecule has 2 rings (SSSR count). The van der Waals surface area contributed by atoms with Crippen molar-refractivity contribution >= 4 is 40.7 Å². The average molecular weight is 346 g/mol. The van der Waals surface area contributed by atoms with Crippen LogP contribution in [-0.2, 0) is 9.53 Å². The summed E-state index contributed by atoms with van der Waals surface area (Å²) in [6.45, 7) is 3.35. The number of ether oxygens (including phenoxy) is 1. The van der Waals surface area contributed by atoms with E-state index in [2.05, 4.69) is 5.32 Å². The lowest BCUT2D eigenvalue weighted by Crippen LogP contribution is -2.21. The second-order valence-electron chi connectivity index (χ2n) is 4.73. The van der Waals surface area contributed by atoms with Gasteiger partial charge in [-0.05, 0) is 60.3 Å². The normalized spacial score (nSPS) is 9.96. The van der Waals surface area contributed by atoms with Gasteiger partial charge in [0.1, 0.15) is 10.3 Å². The fraction of sp³-hybridized carbons (Fsp3) is 0.188. The van der Waals surface area contributed by atoms with Crippen molar-refractivity contribution in [2.45, 2.75) is 18.7 Å². The quantitative estimate of drug-likeness (QED) is 0.507. The number of carbonyl (C=O) groups is 2. The van der Waals surface area contributed by atoms with Gasteiger partial charge in [-0.25, -0.2) is 4.79 Å². The minimum absolute atomic E-state index is 0.343. The molecule has 1 aromatic heterocycles. The van der Waals surface area contributed by atoms with Crippen molar-refractivity contribution < 1.29 is 14.3 Å². The summed E-state index contributed by atoms with van der Waals surface area (Å²) >= 11 is 2.33. The molecule has 0 radical (unpaired) electrons. The van der Waals surface area contributed by atoms with Gasteiger partial charge in [0.25, 0.3) is 5.91 Å². The number of aryl methyl sites for hydroxylation is 2. The maximum Gasteiger partial charge on any atom is 0.348 e. The van der Waals surface area contributed by atoms with Gasteiger partial charge in [-0.1, -0.05) is 6.07 Å². The third kappa shape index (κ3) is 4.58. The molecule has 0 bridgehead atoms. The van der Waals surface area contributed by atoms with E-state index in [9.17, 15) is 9.59 Å². The van der Waals surface area contributed by atoms with Gasteiger partial charge >= 0.3 is 5.97 Å². The molecule has 1 heterocycles. The number of hydrogen-bond donors (Lipinski definition) is 1. The van der Waals surface area contributed by atoms with E-state index in [1.807, 2.05) is 31.4 Å². The first kappa shape index (κ1) is 17.1. The van der Waals surface area contributed by atoms with Crippen LogP contribution in [0.15, 0.2) is 34.5 Å². The summed E-state index contributed by atoms with van der Waals surface area (Å²) in [6.07, 6.45) is 0. The predicted octanol–water partition coefficient (Wildman–Crippen LogP) is 3.73. The third-order valence-corrected chi connectivity index (χ3v) is 4.40. The molecular formula is C16H14N2O3S2. The number of thiocyanates is 1. The number of nitrogens with one attached hydrogen (secondary N) is 1. The summed E-state index contributed by atoms with van der Waals surface area (Å²) in [5, 5.41) is 15.2. The molecule has 5 nitrogen and oxygen atoms in total. The molecule has 0 saturated heterocycles. The second kappa shape index (κ2) is 7.81. The van der Waals surface area contributed by atoms with Gasteiger partial charge in [0.2, 0.25) is 0 Å². The maximum atomic E-state index is 12.0. The topological polar surface area (TPSA) is 79.2 Å². The molecule has 0 aliphatic heterocycles. The average Bonchev–Trinajstić information content (AvgIpc) is 3.03. The lowest BCUT2D eigenvalue weighted by Gasteiger charge is -2.13. The van der Waals surface area contributed by atoms with Crippen molar-refractivity contribution in [2.24, 2.45) is 0 Å². The van der Waals surface area contributed by atoms with Crippen molar-refractivity contribution in [2.75, 3.05) is 11.9 Å². The number of anilines is 1. The Bertz CT molecular complexity index is 741. The summed E-state index contributed by atoms with van der Waals surface area (Å²) in [5.74, 6) is -0.911. The van der Waals surface area contributed by atoms with Gasteiger partial charge in [-0.3, -0.25) is 4.79 Å². The number of amides is 1. The molecule has 1 N–H and O–H groups in total. The van der Waals surface area contributed by atoms with Crippen LogP contribution in [-0.4, -0.2) is 18.5 Å². The number of hydrogen-bond acceptors (Lipinski definition) is 6. The van der Waals surface area contributed by atoms with Gasteiger partial charge in [0, 0.05) is 10.6 Å². The zero-order valence-corrected chi connectivity index (χ0v) is 14.2. The van der Waals surface area contributed by atoms with Crippen LogP contribution < -0.4 is 5.32 Å². The predicted molar refractivity (Wildman–Crippen MR) is 90.6 cm³/mol. The molecule has 118 valence electrons. The standard InChI is InChI=1S/C16H14N2O3S2/c1-10-6-12(23-9-17)7-11(2)15(10)18-14(19)8-21-16(20)13-4-3-5-22-13/h3-7H,8H2,1-2H3,(H,18,19). The minimum atomic E-state index is -0.510. The largest absolute Gasteiger partial charge is 0.451 e. The molecule has 0 saturated carbocycles. The SMILES string of the molecule is Cc1cc(SC#N)cc(C)c1NC(=O)COC(=O)c1cccs1. The molecule has 0 aliphatic carbocycles. The zero-order valence-electron chi connectivity index (χ0n) is 12.6. The lowest BCUT2D eigenvalue weighted by molar-refractivity contribution is -0.119. The summed E-state index contributed by atoms with van der Waals surface area (Å²) in [7, 11) is 0. The van der Waals surface area contributed by atoms with E-state index in [-0.39, 0.29) is 6.61 Å². The highest BCUT2D eigenvalue weighted by Crippen LogP contribution is 2.27. The van der Waals surface area contributed by atoms with Gasteiger partial charge in [0.15, 0.2) is 6.61 Å². The summed E-state index contributed by atoms with van der Waals surface area (Å²) in [5.41, 5.74) is 2.37. The molecule has 0 fully saturated rings. The number of carbonyl (C=O) groups excluding carboxylic acids is 2. The highest BCUT2D eigenvalue weighted by atomic mass is 32.2.